The molecule has 2 fully saturated rings. The van der Waals surface area contributed by atoms with Gasteiger partial charge in [0.15, 0.2) is 0 Å². The molecule has 3 amide bonds. The highest BCUT2D eigenvalue weighted by molar-refractivity contribution is 5.96. The van der Waals surface area contributed by atoms with Crippen LogP contribution in [0.2, 0.25) is 0 Å². The number of carbonyl (C=O) groups excluding carboxylic acids is 2. The monoisotopic (exact) mass is 342 g/mol. The van der Waals surface area contributed by atoms with E-state index in [-0.39, 0.29) is 17.4 Å². The van der Waals surface area contributed by atoms with E-state index in [4.69, 9.17) is 0 Å². The minimum absolute atomic E-state index is 0.117. The van der Waals surface area contributed by atoms with E-state index in [1.165, 1.54) is 6.42 Å². The van der Waals surface area contributed by atoms with Crippen molar-refractivity contribution in [2.45, 2.75) is 25.7 Å². The molecule has 1 saturated carbocycles. The molecule has 0 radical (unpaired) electrons. The molecule has 6 heteroatoms. The number of benzene rings is 1. The molecule has 1 saturated heterocycles. The average molecular weight is 342 g/mol. The second kappa shape index (κ2) is 7.70. The van der Waals surface area contributed by atoms with Crippen molar-refractivity contribution in [3.05, 3.63) is 36.9 Å². The maximum absolute atomic E-state index is 12.9. The van der Waals surface area contributed by atoms with E-state index in [9.17, 15) is 9.59 Å². The molecule has 134 valence electrons. The quantitative estimate of drug-likeness (QED) is 0.621. The Morgan fingerprint density at radius 2 is 1.92 bits per heavy atom. The fourth-order valence-corrected chi connectivity index (χ4v) is 3.92. The number of hydrogen-bond acceptors (Lipinski definition) is 3. The van der Waals surface area contributed by atoms with Crippen molar-refractivity contribution < 1.29 is 9.59 Å². The van der Waals surface area contributed by atoms with Crippen LogP contribution in [-0.4, -0.2) is 31.6 Å². The van der Waals surface area contributed by atoms with Crippen molar-refractivity contribution in [3.8, 4) is 0 Å². The van der Waals surface area contributed by atoms with E-state index in [0.717, 1.165) is 38.0 Å². The SMILES string of the molecule is C=CCNC(=O)Nc1ccc(NC(=O)[C@@]23CCCC[C@H]2CNC3)cc1. The Bertz CT molecular complexity index is 643. The van der Waals surface area contributed by atoms with Crippen LogP contribution in [-0.2, 0) is 4.79 Å². The maximum Gasteiger partial charge on any atom is 0.319 e. The third-order valence-corrected chi connectivity index (χ3v) is 5.30. The number of rotatable bonds is 5. The molecule has 0 spiro atoms. The normalized spacial score (nSPS) is 24.9. The van der Waals surface area contributed by atoms with Crippen LogP contribution in [0, 0.1) is 11.3 Å². The van der Waals surface area contributed by atoms with Gasteiger partial charge in [-0.25, -0.2) is 4.79 Å². The van der Waals surface area contributed by atoms with Gasteiger partial charge in [0.05, 0.1) is 5.41 Å². The smallest absolute Gasteiger partial charge is 0.319 e. The van der Waals surface area contributed by atoms with Crippen LogP contribution < -0.4 is 21.3 Å². The Morgan fingerprint density at radius 3 is 2.64 bits per heavy atom. The predicted octanol–water partition coefficient (Wildman–Crippen LogP) is 2.71. The van der Waals surface area contributed by atoms with Crippen molar-refractivity contribution in [2.24, 2.45) is 11.3 Å². The Kier molecular flexibility index (Phi) is 5.38. The first-order valence-corrected chi connectivity index (χ1v) is 8.92. The average Bonchev–Trinajstić information content (AvgIpc) is 3.07. The van der Waals surface area contributed by atoms with Gasteiger partial charge in [-0.05, 0) is 49.6 Å². The molecule has 0 unspecified atom stereocenters. The minimum Gasteiger partial charge on any atom is -0.334 e. The van der Waals surface area contributed by atoms with Gasteiger partial charge in [0.25, 0.3) is 0 Å². The van der Waals surface area contributed by atoms with Crippen LogP contribution in [0.4, 0.5) is 16.2 Å². The number of nitrogens with one attached hydrogen (secondary N) is 4. The molecule has 0 bridgehead atoms. The summed E-state index contributed by atoms with van der Waals surface area (Å²) in [7, 11) is 0. The molecule has 1 heterocycles. The summed E-state index contributed by atoms with van der Waals surface area (Å²) in [5.74, 6) is 0.558. The van der Waals surface area contributed by atoms with Gasteiger partial charge >= 0.3 is 6.03 Å². The third-order valence-electron chi connectivity index (χ3n) is 5.30. The van der Waals surface area contributed by atoms with E-state index in [1.807, 2.05) is 12.1 Å². The van der Waals surface area contributed by atoms with Crippen molar-refractivity contribution in [1.29, 1.82) is 0 Å². The van der Waals surface area contributed by atoms with Gasteiger partial charge in [0, 0.05) is 24.5 Å². The van der Waals surface area contributed by atoms with Gasteiger partial charge in [0.2, 0.25) is 5.91 Å². The molecular weight excluding hydrogens is 316 g/mol. The predicted molar refractivity (Wildman–Crippen MR) is 99.6 cm³/mol. The summed E-state index contributed by atoms with van der Waals surface area (Å²) in [5.41, 5.74) is 1.17. The molecular formula is C19H26N4O2. The van der Waals surface area contributed by atoms with E-state index in [1.54, 1.807) is 18.2 Å². The van der Waals surface area contributed by atoms with Crippen molar-refractivity contribution in [1.82, 2.24) is 10.6 Å². The van der Waals surface area contributed by atoms with E-state index in [2.05, 4.69) is 27.8 Å². The van der Waals surface area contributed by atoms with Crippen LogP contribution in [0.15, 0.2) is 36.9 Å². The molecule has 3 rings (SSSR count). The topological polar surface area (TPSA) is 82.3 Å². The largest absolute Gasteiger partial charge is 0.334 e. The van der Waals surface area contributed by atoms with Crippen molar-refractivity contribution >= 4 is 23.3 Å². The molecule has 1 aliphatic carbocycles. The summed E-state index contributed by atoms with van der Waals surface area (Å²) < 4.78 is 0. The lowest BCUT2D eigenvalue weighted by atomic mass is 9.67. The summed E-state index contributed by atoms with van der Waals surface area (Å²) >= 11 is 0. The number of hydrogen-bond donors (Lipinski definition) is 4. The number of anilines is 2. The molecule has 2 atom stereocenters. The summed E-state index contributed by atoms with van der Waals surface area (Å²) in [6.07, 6.45) is 6.04. The van der Waals surface area contributed by atoms with Crippen LogP contribution in [0.25, 0.3) is 0 Å². The van der Waals surface area contributed by atoms with E-state index in [0.29, 0.717) is 18.2 Å². The number of fused-ring (bicyclic) bond motifs is 1. The Labute approximate surface area is 148 Å². The zero-order chi connectivity index (χ0) is 17.7. The second-order valence-electron chi connectivity index (χ2n) is 6.88. The van der Waals surface area contributed by atoms with Crippen molar-refractivity contribution in [2.75, 3.05) is 30.3 Å². The molecule has 2 aliphatic rings. The lowest BCUT2D eigenvalue weighted by Gasteiger charge is -2.37. The minimum atomic E-state index is -0.280. The molecule has 25 heavy (non-hydrogen) atoms. The summed E-state index contributed by atoms with van der Waals surface area (Å²) in [4.78, 5) is 24.5. The first-order chi connectivity index (χ1) is 12.1. The van der Waals surface area contributed by atoms with Crippen LogP contribution >= 0.6 is 0 Å². The maximum atomic E-state index is 12.9. The highest BCUT2D eigenvalue weighted by Gasteiger charge is 2.49. The third kappa shape index (κ3) is 3.85. The standard InChI is InChI=1S/C19H26N4O2/c1-2-11-21-18(25)23-16-8-6-15(7-9-16)22-17(24)19-10-4-3-5-14(19)12-20-13-19/h2,6-9,14,20H,1,3-5,10-13H2,(H,22,24)(H2,21,23,25)/t14-,19+/m0/s1. The zero-order valence-electron chi connectivity index (χ0n) is 14.4. The van der Waals surface area contributed by atoms with Gasteiger partial charge in [-0.15, -0.1) is 6.58 Å². The summed E-state index contributed by atoms with van der Waals surface area (Å²) in [5, 5.41) is 11.9. The highest BCUT2D eigenvalue weighted by Crippen LogP contribution is 2.44. The van der Waals surface area contributed by atoms with Gasteiger partial charge in [-0.3, -0.25) is 4.79 Å². The molecule has 6 nitrogen and oxygen atoms in total. The van der Waals surface area contributed by atoms with E-state index >= 15 is 0 Å². The summed E-state index contributed by atoms with van der Waals surface area (Å²) in [6.45, 7) is 5.68. The number of amides is 3. The Balaban J connectivity index is 1.60. The summed E-state index contributed by atoms with van der Waals surface area (Å²) in [6, 6.07) is 6.92. The molecule has 0 aromatic heterocycles. The lowest BCUT2D eigenvalue weighted by molar-refractivity contribution is -0.128. The second-order valence-corrected chi connectivity index (χ2v) is 6.88. The highest BCUT2D eigenvalue weighted by atomic mass is 16.2. The number of carbonyl (C=O) groups is 2. The first-order valence-electron chi connectivity index (χ1n) is 8.92. The van der Waals surface area contributed by atoms with Crippen LogP contribution in [0.3, 0.4) is 0 Å². The van der Waals surface area contributed by atoms with Gasteiger partial charge in [0.1, 0.15) is 0 Å². The number of urea groups is 1. The van der Waals surface area contributed by atoms with Gasteiger partial charge in [-0.1, -0.05) is 18.9 Å². The van der Waals surface area contributed by atoms with E-state index < -0.39 is 0 Å². The first kappa shape index (κ1) is 17.5. The Hall–Kier alpha value is -2.34. The van der Waals surface area contributed by atoms with Crippen LogP contribution in [0.1, 0.15) is 25.7 Å². The molecule has 1 aliphatic heterocycles. The molecule has 1 aromatic carbocycles. The lowest BCUT2D eigenvalue weighted by Crippen LogP contribution is -2.44. The van der Waals surface area contributed by atoms with Crippen molar-refractivity contribution in [3.63, 3.8) is 0 Å². The fraction of sp³-hybridized carbons (Fsp3) is 0.474. The molecule has 1 aromatic rings. The van der Waals surface area contributed by atoms with Gasteiger partial charge in [-0.2, -0.15) is 0 Å². The Morgan fingerprint density at radius 1 is 1.20 bits per heavy atom. The zero-order valence-corrected chi connectivity index (χ0v) is 14.4. The van der Waals surface area contributed by atoms with Crippen LogP contribution in [0.5, 0.6) is 0 Å². The fourth-order valence-electron chi connectivity index (χ4n) is 3.92. The molecule has 4 N–H and O–H groups in total. The van der Waals surface area contributed by atoms with Gasteiger partial charge < -0.3 is 21.3 Å².